The highest BCUT2D eigenvalue weighted by Gasteiger charge is 2.11. The molecule has 1 atom stereocenters. The van der Waals surface area contributed by atoms with Gasteiger partial charge in [-0.2, -0.15) is 0 Å². The topological polar surface area (TPSA) is 48.2 Å². The van der Waals surface area contributed by atoms with Gasteiger partial charge in [-0.05, 0) is 6.07 Å². The quantitative estimate of drug-likeness (QED) is 0.809. The molecule has 2 aromatic rings. The second-order valence-electron chi connectivity index (χ2n) is 3.28. The van der Waals surface area contributed by atoms with Gasteiger partial charge in [0, 0.05) is 28.6 Å². The van der Waals surface area contributed by atoms with Crippen molar-refractivity contribution in [1.82, 2.24) is 9.97 Å². The van der Waals surface area contributed by atoms with Gasteiger partial charge in [-0.15, -0.1) is 0 Å². The highest BCUT2D eigenvalue weighted by molar-refractivity contribution is 9.09. The molecule has 5 heteroatoms. The van der Waals surface area contributed by atoms with Gasteiger partial charge in [-0.1, -0.05) is 15.9 Å². The Bertz CT molecular complexity index is 445. The van der Waals surface area contributed by atoms with Gasteiger partial charge in [0.05, 0.1) is 19.6 Å². The zero-order valence-electron chi connectivity index (χ0n) is 8.76. The number of nitrogens with zero attached hydrogens (tertiary/aromatic N) is 2. The predicted octanol–water partition coefficient (Wildman–Crippen LogP) is 2.76. The van der Waals surface area contributed by atoms with Gasteiger partial charge in [0.1, 0.15) is 6.33 Å². The molecule has 2 rings (SSSR count). The van der Waals surface area contributed by atoms with E-state index in [0.717, 1.165) is 17.7 Å². The summed E-state index contributed by atoms with van der Waals surface area (Å²) in [5.41, 5.74) is 2.02. The number of aromatic nitrogens is 2. The van der Waals surface area contributed by atoms with E-state index in [2.05, 4.69) is 25.9 Å². The van der Waals surface area contributed by atoms with Gasteiger partial charge in [-0.3, -0.25) is 0 Å². The SMILES string of the molecule is COc1cc(CC(Br)c2ccoc2)ncn1. The third-order valence-corrected chi connectivity index (χ3v) is 3.05. The molecule has 0 bridgehead atoms. The smallest absolute Gasteiger partial charge is 0.216 e. The molecule has 16 heavy (non-hydrogen) atoms. The Morgan fingerprint density at radius 2 is 2.38 bits per heavy atom. The minimum absolute atomic E-state index is 0.186. The van der Waals surface area contributed by atoms with Crippen LogP contribution in [0.25, 0.3) is 0 Å². The number of alkyl halides is 1. The Labute approximate surface area is 102 Å². The van der Waals surface area contributed by atoms with E-state index < -0.39 is 0 Å². The van der Waals surface area contributed by atoms with Crippen molar-refractivity contribution < 1.29 is 9.15 Å². The highest BCUT2D eigenvalue weighted by atomic mass is 79.9. The number of methoxy groups -OCH3 is 1. The summed E-state index contributed by atoms with van der Waals surface area (Å²) in [4.78, 5) is 8.33. The number of hydrogen-bond acceptors (Lipinski definition) is 4. The molecular weight excluding hydrogens is 272 g/mol. The van der Waals surface area contributed by atoms with Crippen molar-refractivity contribution >= 4 is 15.9 Å². The van der Waals surface area contributed by atoms with E-state index in [-0.39, 0.29) is 4.83 Å². The van der Waals surface area contributed by atoms with Gasteiger partial charge in [-0.25, -0.2) is 9.97 Å². The number of halogens is 1. The first-order chi connectivity index (χ1) is 7.79. The minimum Gasteiger partial charge on any atom is -0.481 e. The maximum Gasteiger partial charge on any atom is 0.216 e. The van der Waals surface area contributed by atoms with E-state index >= 15 is 0 Å². The van der Waals surface area contributed by atoms with E-state index in [1.807, 2.05) is 12.1 Å². The summed E-state index contributed by atoms with van der Waals surface area (Å²) in [6, 6.07) is 3.76. The summed E-state index contributed by atoms with van der Waals surface area (Å²) in [6.07, 6.45) is 5.64. The zero-order chi connectivity index (χ0) is 11.4. The van der Waals surface area contributed by atoms with E-state index in [4.69, 9.17) is 9.15 Å². The van der Waals surface area contributed by atoms with Gasteiger partial charge in [0.2, 0.25) is 5.88 Å². The Hall–Kier alpha value is -1.36. The second kappa shape index (κ2) is 5.12. The molecule has 0 radical (unpaired) electrons. The number of rotatable bonds is 4. The van der Waals surface area contributed by atoms with Crippen LogP contribution >= 0.6 is 15.9 Å². The molecule has 0 amide bonds. The number of ether oxygens (including phenoxy) is 1. The Balaban J connectivity index is 2.08. The van der Waals surface area contributed by atoms with Gasteiger partial charge >= 0.3 is 0 Å². The van der Waals surface area contributed by atoms with E-state index in [1.54, 1.807) is 19.6 Å². The summed E-state index contributed by atoms with van der Waals surface area (Å²) >= 11 is 3.59. The molecule has 0 aliphatic heterocycles. The standard InChI is InChI=1S/C11H11BrN2O2/c1-15-11-5-9(13-7-14-11)4-10(12)8-2-3-16-6-8/h2-3,5-7,10H,4H2,1H3. The van der Waals surface area contributed by atoms with Gasteiger partial charge in [0.15, 0.2) is 0 Å². The summed E-state index contributed by atoms with van der Waals surface area (Å²) in [7, 11) is 1.59. The normalized spacial score (nSPS) is 12.4. The Morgan fingerprint density at radius 1 is 1.50 bits per heavy atom. The maximum atomic E-state index is 5.04. The van der Waals surface area contributed by atoms with Gasteiger partial charge < -0.3 is 9.15 Å². The third-order valence-electron chi connectivity index (χ3n) is 2.20. The molecule has 0 fully saturated rings. The van der Waals surface area contributed by atoms with Crippen molar-refractivity contribution in [3.8, 4) is 5.88 Å². The summed E-state index contributed by atoms with van der Waals surface area (Å²) in [5, 5.41) is 0. The average molecular weight is 283 g/mol. The fourth-order valence-electron chi connectivity index (χ4n) is 1.35. The lowest BCUT2D eigenvalue weighted by Crippen LogP contribution is -1.98. The lowest BCUT2D eigenvalue weighted by Gasteiger charge is -2.07. The molecule has 1 unspecified atom stereocenters. The first-order valence-corrected chi connectivity index (χ1v) is 5.72. The lowest BCUT2D eigenvalue weighted by atomic mass is 10.1. The lowest BCUT2D eigenvalue weighted by molar-refractivity contribution is 0.396. The molecule has 4 nitrogen and oxygen atoms in total. The summed E-state index contributed by atoms with van der Waals surface area (Å²) in [5.74, 6) is 0.580. The molecule has 0 N–H and O–H groups in total. The Morgan fingerprint density at radius 3 is 3.06 bits per heavy atom. The van der Waals surface area contributed by atoms with Crippen molar-refractivity contribution in [3.63, 3.8) is 0 Å². The van der Waals surface area contributed by atoms with Crippen LogP contribution in [-0.4, -0.2) is 17.1 Å². The van der Waals surface area contributed by atoms with E-state index in [9.17, 15) is 0 Å². The molecule has 0 spiro atoms. The zero-order valence-corrected chi connectivity index (χ0v) is 10.3. The maximum absolute atomic E-state index is 5.04. The van der Waals surface area contributed by atoms with Crippen LogP contribution in [0.2, 0.25) is 0 Å². The molecule has 0 aromatic carbocycles. The minimum atomic E-state index is 0.186. The molecule has 2 heterocycles. The molecule has 0 saturated heterocycles. The fourth-order valence-corrected chi connectivity index (χ4v) is 1.95. The Kier molecular flexibility index (Phi) is 3.56. The van der Waals surface area contributed by atoms with Crippen LogP contribution in [0.1, 0.15) is 16.1 Å². The number of furan rings is 1. The van der Waals surface area contributed by atoms with Crippen molar-refractivity contribution in [2.24, 2.45) is 0 Å². The molecular formula is C11H11BrN2O2. The van der Waals surface area contributed by atoms with Crippen molar-refractivity contribution in [1.29, 1.82) is 0 Å². The van der Waals surface area contributed by atoms with Crippen LogP contribution in [0.4, 0.5) is 0 Å². The van der Waals surface area contributed by atoms with E-state index in [0.29, 0.717) is 5.88 Å². The van der Waals surface area contributed by atoms with Crippen LogP contribution in [0.3, 0.4) is 0 Å². The molecule has 0 saturated carbocycles. The number of hydrogen-bond donors (Lipinski definition) is 0. The summed E-state index contributed by atoms with van der Waals surface area (Å²) < 4.78 is 10.1. The molecule has 0 aliphatic rings. The van der Waals surface area contributed by atoms with Crippen LogP contribution in [0.5, 0.6) is 5.88 Å². The van der Waals surface area contributed by atoms with Crippen LogP contribution < -0.4 is 4.74 Å². The van der Waals surface area contributed by atoms with Crippen LogP contribution in [-0.2, 0) is 6.42 Å². The second-order valence-corrected chi connectivity index (χ2v) is 4.39. The fraction of sp³-hybridized carbons (Fsp3) is 0.273. The largest absolute Gasteiger partial charge is 0.481 e. The highest BCUT2D eigenvalue weighted by Crippen LogP contribution is 2.27. The van der Waals surface area contributed by atoms with Crippen LogP contribution in [0.15, 0.2) is 35.4 Å². The first kappa shape index (κ1) is 11.1. The first-order valence-electron chi connectivity index (χ1n) is 4.80. The predicted molar refractivity (Wildman–Crippen MR) is 62.7 cm³/mol. The monoisotopic (exact) mass is 282 g/mol. The van der Waals surface area contributed by atoms with Crippen molar-refractivity contribution in [3.05, 3.63) is 42.2 Å². The molecule has 0 aliphatic carbocycles. The van der Waals surface area contributed by atoms with Crippen LogP contribution in [0, 0.1) is 0 Å². The third kappa shape index (κ3) is 2.61. The van der Waals surface area contributed by atoms with Crippen molar-refractivity contribution in [2.45, 2.75) is 11.2 Å². The van der Waals surface area contributed by atoms with Gasteiger partial charge in [0.25, 0.3) is 0 Å². The summed E-state index contributed by atoms with van der Waals surface area (Å²) in [6.45, 7) is 0. The molecule has 2 aromatic heterocycles. The molecule has 84 valence electrons. The van der Waals surface area contributed by atoms with E-state index in [1.165, 1.54) is 6.33 Å². The van der Waals surface area contributed by atoms with Crippen molar-refractivity contribution in [2.75, 3.05) is 7.11 Å². The average Bonchev–Trinajstić information content (AvgIpc) is 2.83.